The molecule has 3 N–H and O–H groups in total. The van der Waals surface area contributed by atoms with Gasteiger partial charge in [0.05, 0.1) is 47.7 Å². The van der Waals surface area contributed by atoms with Crippen molar-refractivity contribution in [3.05, 3.63) is 34.9 Å². The number of carboxylic acids is 2. The van der Waals surface area contributed by atoms with Crippen molar-refractivity contribution in [2.45, 2.75) is 109 Å². The predicted molar refractivity (Wildman–Crippen MR) is 135 cm³/mol. The second-order valence-electron chi connectivity index (χ2n) is 9.45. The summed E-state index contributed by atoms with van der Waals surface area (Å²) >= 11 is 0. The smallest absolute Gasteiger partial charge is 0.339 e. The molecule has 1 aromatic carbocycles. The van der Waals surface area contributed by atoms with E-state index in [0.29, 0.717) is 19.3 Å². The average Bonchev–Trinajstić information content (AvgIpc) is 2.86. The number of aliphatic hydroxyl groups is 1. The normalized spacial score (nSPS) is 21.9. The Morgan fingerprint density at radius 1 is 1.03 bits per heavy atom. The maximum absolute atomic E-state index is 13.2. The second-order valence-corrected chi connectivity index (χ2v) is 9.45. The van der Waals surface area contributed by atoms with Gasteiger partial charge in [-0.1, -0.05) is 20.3 Å². The largest absolute Gasteiger partial charge is 0.478 e. The molecule has 1 aliphatic rings. The van der Waals surface area contributed by atoms with Gasteiger partial charge in [-0.05, 0) is 51.3 Å². The molecule has 0 radical (unpaired) electrons. The highest BCUT2D eigenvalue weighted by molar-refractivity contribution is 6.04. The number of carbonyl (C=O) groups excluding carboxylic acids is 1. The topological polar surface area (TPSA) is 158 Å². The lowest BCUT2D eigenvalue weighted by atomic mass is 9.97. The molecule has 0 saturated carbocycles. The minimum atomic E-state index is -1.45. The van der Waals surface area contributed by atoms with Gasteiger partial charge in [-0.2, -0.15) is 0 Å². The van der Waals surface area contributed by atoms with E-state index in [0.717, 1.165) is 24.6 Å². The van der Waals surface area contributed by atoms with E-state index in [1.54, 1.807) is 6.92 Å². The van der Waals surface area contributed by atoms with Crippen molar-refractivity contribution in [2.75, 3.05) is 6.61 Å². The molecule has 38 heavy (non-hydrogen) atoms. The van der Waals surface area contributed by atoms with Crippen LogP contribution >= 0.6 is 0 Å². The second kappa shape index (κ2) is 15.7. The number of ether oxygens (including phenoxy) is 3. The van der Waals surface area contributed by atoms with Crippen molar-refractivity contribution in [1.29, 1.82) is 0 Å². The van der Waals surface area contributed by atoms with Gasteiger partial charge >= 0.3 is 17.9 Å². The zero-order valence-electron chi connectivity index (χ0n) is 22.5. The summed E-state index contributed by atoms with van der Waals surface area (Å²) in [5, 5.41) is 29.0. The summed E-state index contributed by atoms with van der Waals surface area (Å²) in [4.78, 5) is 46.9. The Balaban J connectivity index is 2.31. The van der Waals surface area contributed by atoms with Gasteiger partial charge < -0.3 is 29.5 Å². The summed E-state index contributed by atoms with van der Waals surface area (Å²) in [6, 6.07) is 3.21. The van der Waals surface area contributed by atoms with Crippen molar-refractivity contribution in [3.8, 4) is 0 Å². The van der Waals surface area contributed by atoms with E-state index in [1.165, 1.54) is 0 Å². The summed E-state index contributed by atoms with van der Waals surface area (Å²) in [7, 11) is 0. The Morgan fingerprint density at radius 3 is 2.37 bits per heavy atom. The lowest BCUT2D eigenvalue weighted by Gasteiger charge is -2.36. The molecule has 0 aliphatic carbocycles. The molecule has 1 aliphatic heterocycles. The van der Waals surface area contributed by atoms with Crippen LogP contribution in [0.1, 0.15) is 104 Å². The first kappa shape index (κ1) is 31.6. The van der Waals surface area contributed by atoms with Crippen LogP contribution < -0.4 is 0 Å². The maximum atomic E-state index is 13.2. The van der Waals surface area contributed by atoms with E-state index >= 15 is 0 Å². The molecule has 2 rings (SSSR count). The monoisotopic (exact) mass is 540 g/mol. The van der Waals surface area contributed by atoms with Gasteiger partial charge in [0.1, 0.15) is 6.10 Å². The average molecular weight is 541 g/mol. The predicted octanol–water partition coefficient (Wildman–Crippen LogP) is 4.21. The highest BCUT2D eigenvalue weighted by Gasteiger charge is 2.33. The first-order valence-corrected chi connectivity index (χ1v) is 13.2. The van der Waals surface area contributed by atoms with E-state index < -0.39 is 41.8 Å². The molecule has 11 nitrogen and oxygen atoms in total. The first-order chi connectivity index (χ1) is 18.1. The Morgan fingerprint density at radius 2 is 1.76 bits per heavy atom. The summed E-state index contributed by atoms with van der Waals surface area (Å²) in [5.41, 5.74) is -1.01. The Kier molecular flexibility index (Phi) is 13.1. The van der Waals surface area contributed by atoms with E-state index in [4.69, 9.17) is 24.0 Å². The highest BCUT2D eigenvalue weighted by atomic mass is 17.2. The number of hydrogen-bond donors (Lipinski definition) is 3. The molecule has 0 spiro atoms. The van der Waals surface area contributed by atoms with Crippen LogP contribution in [0.3, 0.4) is 0 Å². The number of carboxylic acid groups (broad SMARTS) is 2. The molecule has 1 heterocycles. The maximum Gasteiger partial charge on any atom is 0.339 e. The number of rotatable bonds is 16. The van der Waals surface area contributed by atoms with Crippen LogP contribution in [-0.4, -0.2) is 76.6 Å². The van der Waals surface area contributed by atoms with Crippen LogP contribution in [0.5, 0.6) is 0 Å². The third-order valence-corrected chi connectivity index (χ3v) is 6.22. The lowest BCUT2D eigenvalue weighted by Crippen LogP contribution is -2.40. The molecule has 6 atom stereocenters. The molecule has 0 bridgehead atoms. The zero-order valence-corrected chi connectivity index (χ0v) is 22.5. The van der Waals surface area contributed by atoms with Gasteiger partial charge in [0, 0.05) is 19.3 Å². The molecular formula is C27H40O11. The number of hydrogen-bond acceptors (Lipinski definition) is 9. The first-order valence-electron chi connectivity index (χ1n) is 13.2. The molecule has 0 amide bonds. The van der Waals surface area contributed by atoms with Gasteiger partial charge in [0.2, 0.25) is 0 Å². The molecule has 11 heteroatoms. The summed E-state index contributed by atoms with van der Waals surface area (Å²) in [5.74, 6) is -3.69. The SMILES string of the molecule is CCCC1OC(C)CC(CC(CC(CC(O)CC)OOCC)OC(=O)c2ccc(C(=O)O)cc2C(=O)O)O1. The van der Waals surface area contributed by atoms with E-state index in [9.17, 15) is 29.7 Å². The van der Waals surface area contributed by atoms with E-state index in [-0.39, 0.29) is 55.5 Å². The Bertz CT molecular complexity index is 918. The van der Waals surface area contributed by atoms with E-state index in [2.05, 4.69) is 0 Å². The van der Waals surface area contributed by atoms with Crippen molar-refractivity contribution in [2.24, 2.45) is 0 Å². The van der Waals surface area contributed by atoms with Crippen LogP contribution in [0.4, 0.5) is 0 Å². The van der Waals surface area contributed by atoms with Crippen molar-refractivity contribution >= 4 is 17.9 Å². The fourth-order valence-electron chi connectivity index (χ4n) is 4.35. The van der Waals surface area contributed by atoms with Crippen molar-refractivity contribution < 1.29 is 53.7 Å². The standard InChI is InChI=1S/C27H40O11/c1-5-8-24-35-16(4)11-19(36-24)14-20(15-21(38-34-7-3)13-18(28)6-2)37-27(33)22-10-9-17(25(29)30)12-23(22)26(31)32/h9-10,12,16,18-21,24,28H,5-8,11,13-15H2,1-4H3,(H,29,30)(H,31,32). The van der Waals surface area contributed by atoms with E-state index in [1.807, 2.05) is 20.8 Å². The number of carbonyl (C=O) groups is 3. The molecular weight excluding hydrogens is 500 g/mol. The van der Waals surface area contributed by atoms with Crippen LogP contribution in [0.2, 0.25) is 0 Å². The molecule has 0 aromatic heterocycles. The van der Waals surface area contributed by atoms with Crippen molar-refractivity contribution in [3.63, 3.8) is 0 Å². The fraction of sp³-hybridized carbons (Fsp3) is 0.667. The van der Waals surface area contributed by atoms with Gasteiger partial charge in [-0.25, -0.2) is 24.2 Å². The molecule has 1 fully saturated rings. The lowest BCUT2D eigenvalue weighted by molar-refractivity contribution is -0.328. The Hall–Kier alpha value is -2.57. The van der Waals surface area contributed by atoms with Crippen LogP contribution in [0.25, 0.3) is 0 Å². The Labute approximate surface area is 222 Å². The minimum Gasteiger partial charge on any atom is -0.478 e. The van der Waals surface area contributed by atoms with Crippen LogP contribution in [0.15, 0.2) is 18.2 Å². The minimum absolute atomic E-state index is 0.0683. The number of aromatic carboxylic acids is 2. The quantitative estimate of drug-likeness (QED) is 0.157. The highest BCUT2D eigenvalue weighted by Crippen LogP contribution is 2.28. The zero-order chi connectivity index (χ0) is 28.2. The summed E-state index contributed by atoms with van der Waals surface area (Å²) in [6.07, 6.45) is 0.508. The van der Waals surface area contributed by atoms with Gasteiger partial charge in [0.25, 0.3) is 0 Å². The third kappa shape index (κ3) is 9.95. The number of benzene rings is 1. The third-order valence-electron chi connectivity index (χ3n) is 6.22. The summed E-state index contributed by atoms with van der Waals surface area (Å²) < 4.78 is 17.7. The molecule has 1 aromatic rings. The summed E-state index contributed by atoms with van der Waals surface area (Å²) in [6.45, 7) is 7.83. The molecule has 6 unspecified atom stereocenters. The fourth-order valence-corrected chi connectivity index (χ4v) is 4.35. The van der Waals surface area contributed by atoms with Crippen LogP contribution in [-0.2, 0) is 24.0 Å². The number of aliphatic hydroxyl groups excluding tert-OH is 1. The van der Waals surface area contributed by atoms with Crippen molar-refractivity contribution in [1.82, 2.24) is 0 Å². The number of esters is 1. The molecule has 1 saturated heterocycles. The van der Waals surface area contributed by atoms with Gasteiger partial charge in [-0.3, -0.25) is 0 Å². The van der Waals surface area contributed by atoms with Gasteiger partial charge in [0.15, 0.2) is 6.29 Å². The van der Waals surface area contributed by atoms with Crippen LogP contribution in [0, 0.1) is 0 Å². The molecule has 214 valence electrons. The van der Waals surface area contributed by atoms with Gasteiger partial charge in [-0.15, -0.1) is 0 Å².